The number of hydrogen-bond donors (Lipinski definition) is 3. The molecule has 5 N–H and O–H groups in total. The van der Waals surface area contributed by atoms with E-state index in [0.29, 0.717) is 5.75 Å². The number of benzene rings is 1. The van der Waals surface area contributed by atoms with Crippen LogP contribution in [-0.4, -0.2) is 30.4 Å². The summed E-state index contributed by atoms with van der Waals surface area (Å²) in [5, 5.41) is 2.14. The molecule has 0 saturated carbocycles. The molecule has 7 nitrogen and oxygen atoms in total. The summed E-state index contributed by atoms with van der Waals surface area (Å²) in [6, 6.07) is 5.84. The van der Waals surface area contributed by atoms with Crippen molar-refractivity contribution in [1.82, 2.24) is 5.32 Å². The minimum Gasteiger partial charge on any atom is -0.483 e. The van der Waals surface area contributed by atoms with Crippen LogP contribution in [0.1, 0.15) is 31.7 Å². The summed E-state index contributed by atoms with van der Waals surface area (Å²) in [6.07, 6.45) is 0.929. The number of rotatable bonds is 8. The zero-order valence-electron chi connectivity index (χ0n) is 12.7. The molecule has 0 bridgehead atoms. The van der Waals surface area contributed by atoms with E-state index in [1.54, 1.807) is 12.1 Å². The number of carbonyl (C=O) groups is 3. The summed E-state index contributed by atoms with van der Waals surface area (Å²) < 4.78 is 5.47. The third-order valence-electron chi connectivity index (χ3n) is 3.30. The van der Waals surface area contributed by atoms with E-state index in [2.05, 4.69) is 19.2 Å². The quantitative estimate of drug-likeness (QED) is 0.586. The number of amides is 3. The first-order chi connectivity index (χ1) is 10.4. The van der Waals surface area contributed by atoms with E-state index in [1.807, 2.05) is 12.1 Å². The van der Waals surface area contributed by atoms with E-state index in [1.165, 1.54) is 0 Å². The van der Waals surface area contributed by atoms with Crippen molar-refractivity contribution in [2.75, 3.05) is 6.61 Å². The van der Waals surface area contributed by atoms with Crippen molar-refractivity contribution in [3.05, 3.63) is 29.8 Å². The first kappa shape index (κ1) is 17.5. The molecule has 1 unspecified atom stereocenters. The van der Waals surface area contributed by atoms with Crippen LogP contribution in [-0.2, 0) is 14.4 Å². The Morgan fingerprint density at radius 1 is 1.18 bits per heavy atom. The van der Waals surface area contributed by atoms with E-state index in [4.69, 9.17) is 16.2 Å². The van der Waals surface area contributed by atoms with Crippen molar-refractivity contribution < 1.29 is 19.1 Å². The fraction of sp³-hybridized carbons (Fsp3) is 0.400. The lowest BCUT2D eigenvalue weighted by atomic mass is 9.98. The van der Waals surface area contributed by atoms with Crippen LogP contribution in [0.4, 0.5) is 0 Å². The average molecular weight is 307 g/mol. The molecule has 0 spiro atoms. The predicted molar refractivity (Wildman–Crippen MR) is 81.0 cm³/mol. The Balaban J connectivity index is 2.69. The van der Waals surface area contributed by atoms with E-state index in [9.17, 15) is 14.4 Å². The second kappa shape index (κ2) is 8.02. The third kappa shape index (κ3) is 4.76. The molecule has 1 aromatic carbocycles. The van der Waals surface area contributed by atoms with Gasteiger partial charge in [-0.05, 0) is 24.0 Å². The zero-order chi connectivity index (χ0) is 16.7. The summed E-state index contributed by atoms with van der Waals surface area (Å²) in [6.45, 7) is 3.77. The summed E-state index contributed by atoms with van der Waals surface area (Å²) in [7, 11) is 0. The van der Waals surface area contributed by atoms with Crippen LogP contribution in [0.5, 0.6) is 5.75 Å². The number of nitrogens with one attached hydrogen (secondary N) is 1. The maximum atomic E-state index is 11.7. The number of ether oxygens (including phenoxy) is 1. The lowest BCUT2D eigenvalue weighted by Crippen LogP contribution is -2.53. The Kier molecular flexibility index (Phi) is 6.37. The van der Waals surface area contributed by atoms with Crippen LogP contribution in [0.25, 0.3) is 0 Å². The van der Waals surface area contributed by atoms with E-state index in [0.717, 1.165) is 12.0 Å². The second-order valence-electron chi connectivity index (χ2n) is 4.94. The molecular formula is C15H21N3O4. The molecule has 0 saturated heterocycles. The molecule has 0 aliphatic heterocycles. The van der Waals surface area contributed by atoms with Crippen LogP contribution in [0.3, 0.4) is 0 Å². The molecule has 0 radical (unpaired) electrons. The summed E-state index contributed by atoms with van der Waals surface area (Å²) in [5.41, 5.74) is 10.9. The molecule has 120 valence electrons. The van der Waals surface area contributed by atoms with Crippen molar-refractivity contribution in [2.24, 2.45) is 11.5 Å². The summed E-state index contributed by atoms with van der Waals surface area (Å²) in [5.74, 6) is -1.81. The highest BCUT2D eigenvalue weighted by molar-refractivity contribution is 6.05. The maximum Gasteiger partial charge on any atom is 0.258 e. The van der Waals surface area contributed by atoms with Crippen LogP contribution < -0.4 is 21.5 Å². The topological polar surface area (TPSA) is 125 Å². The van der Waals surface area contributed by atoms with Crippen molar-refractivity contribution in [2.45, 2.75) is 32.2 Å². The van der Waals surface area contributed by atoms with Gasteiger partial charge in [0.1, 0.15) is 5.75 Å². The van der Waals surface area contributed by atoms with Crippen LogP contribution >= 0.6 is 0 Å². The van der Waals surface area contributed by atoms with Crippen LogP contribution in [0.2, 0.25) is 0 Å². The monoisotopic (exact) mass is 307 g/mol. The summed E-state index contributed by atoms with van der Waals surface area (Å²) >= 11 is 0. The Bertz CT molecular complexity index is 545. The van der Waals surface area contributed by atoms with E-state index in [-0.39, 0.29) is 12.5 Å². The fourth-order valence-corrected chi connectivity index (χ4v) is 1.87. The highest BCUT2D eigenvalue weighted by Crippen LogP contribution is 2.28. The van der Waals surface area contributed by atoms with Gasteiger partial charge < -0.3 is 21.5 Å². The molecule has 0 aliphatic carbocycles. The Morgan fingerprint density at radius 3 is 2.32 bits per heavy atom. The normalized spacial score (nSPS) is 11.8. The highest BCUT2D eigenvalue weighted by atomic mass is 16.5. The minimum atomic E-state index is -1.54. The Hall–Kier alpha value is -2.57. The van der Waals surface area contributed by atoms with Gasteiger partial charge in [-0.15, -0.1) is 0 Å². The lowest BCUT2D eigenvalue weighted by Gasteiger charge is -2.16. The number of nitrogens with two attached hydrogens (primary N) is 2. The molecule has 3 amide bonds. The molecule has 1 aromatic rings. The molecule has 0 fully saturated rings. The van der Waals surface area contributed by atoms with E-state index >= 15 is 0 Å². The SMILES string of the molecule is CCC(C)c1ccccc1OCC(=O)NC(C(N)=O)C(N)=O. The Labute approximate surface area is 129 Å². The minimum absolute atomic E-state index is 0.281. The van der Waals surface area contributed by atoms with Gasteiger partial charge in [0.05, 0.1) is 0 Å². The van der Waals surface area contributed by atoms with Crippen molar-refractivity contribution in [1.29, 1.82) is 0 Å². The van der Waals surface area contributed by atoms with Gasteiger partial charge in [-0.3, -0.25) is 14.4 Å². The molecular weight excluding hydrogens is 286 g/mol. The second-order valence-corrected chi connectivity index (χ2v) is 4.94. The molecule has 0 aromatic heterocycles. The van der Waals surface area contributed by atoms with Gasteiger partial charge in [0.2, 0.25) is 11.8 Å². The zero-order valence-corrected chi connectivity index (χ0v) is 12.7. The smallest absolute Gasteiger partial charge is 0.258 e. The van der Waals surface area contributed by atoms with Gasteiger partial charge in [-0.1, -0.05) is 32.0 Å². The predicted octanol–water partition coefficient (Wildman–Crippen LogP) is 0.0343. The first-order valence-electron chi connectivity index (χ1n) is 6.96. The Morgan fingerprint density at radius 2 is 1.77 bits per heavy atom. The van der Waals surface area contributed by atoms with Gasteiger partial charge in [-0.2, -0.15) is 0 Å². The molecule has 0 aliphatic rings. The maximum absolute atomic E-state index is 11.7. The van der Waals surface area contributed by atoms with Gasteiger partial charge in [0, 0.05) is 0 Å². The molecule has 1 atom stereocenters. The van der Waals surface area contributed by atoms with Crippen molar-refractivity contribution >= 4 is 17.7 Å². The van der Waals surface area contributed by atoms with Gasteiger partial charge in [0.15, 0.2) is 12.6 Å². The third-order valence-corrected chi connectivity index (χ3v) is 3.30. The van der Waals surface area contributed by atoms with Crippen LogP contribution in [0, 0.1) is 0 Å². The average Bonchev–Trinajstić information content (AvgIpc) is 2.49. The van der Waals surface area contributed by atoms with Crippen LogP contribution in [0.15, 0.2) is 24.3 Å². The molecule has 7 heteroatoms. The van der Waals surface area contributed by atoms with Crippen molar-refractivity contribution in [3.8, 4) is 5.75 Å². The van der Waals surface area contributed by atoms with Crippen molar-refractivity contribution in [3.63, 3.8) is 0 Å². The lowest BCUT2D eigenvalue weighted by molar-refractivity contribution is -0.134. The number of carbonyl (C=O) groups excluding carboxylic acids is 3. The molecule has 1 rings (SSSR count). The largest absolute Gasteiger partial charge is 0.483 e. The number of hydrogen-bond acceptors (Lipinski definition) is 4. The first-order valence-corrected chi connectivity index (χ1v) is 6.96. The molecule has 22 heavy (non-hydrogen) atoms. The summed E-state index contributed by atoms with van der Waals surface area (Å²) in [4.78, 5) is 33.7. The number of para-hydroxylation sites is 1. The van der Waals surface area contributed by atoms with Gasteiger partial charge >= 0.3 is 0 Å². The number of primary amides is 2. The molecule has 0 heterocycles. The fourth-order valence-electron chi connectivity index (χ4n) is 1.87. The van der Waals surface area contributed by atoms with Gasteiger partial charge in [0.25, 0.3) is 5.91 Å². The van der Waals surface area contributed by atoms with E-state index < -0.39 is 23.8 Å². The highest BCUT2D eigenvalue weighted by Gasteiger charge is 2.24. The van der Waals surface area contributed by atoms with Gasteiger partial charge in [-0.25, -0.2) is 0 Å². The standard InChI is InChI=1S/C15H21N3O4/c1-3-9(2)10-6-4-5-7-11(10)22-8-12(19)18-13(14(16)20)15(17)21/h4-7,9,13H,3,8H2,1-2H3,(H2,16,20)(H2,17,21)(H,18,19).